The number of aliphatic hydroxyl groups excluding tert-OH is 4. The molecule has 1 heterocycles. The zero-order chi connectivity index (χ0) is 19.7. The Kier molecular flexibility index (Phi) is 10.7. The number of ether oxygens (including phenoxy) is 1. The summed E-state index contributed by atoms with van der Waals surface area (Å²) in [5, 5.41) is 42.3. The molecule has 1 aliphatic rings. The number of aliphatic hydroxyl groups is 4. The number of nitrogens with zero attached hydrogens (tertiary/aromatic N) is 1. The van der Waals surface area contributed by atoms with Crippen molar-refractivity contribution in [3.05, 3.63) is 0 Å². The van der Waals surface area contributed by atoms with Crippen LogP contribution in [0.5, 0.6) is 0 Å². The zero-order valence-electron chi connectivity index (χ0n) is 14.2. The molecular weight excluding hydrogens is 410 g/mol. The van der Waals surface area contributed by atoms with E-state index in [1.54, 1.807) is 11.8 Å². The lowest BCUT2D eigenvalue weighted by Gasteiger charge is -2.39. The molecule has 5 N–H and O–H groups in total. The topological polar surface area (TPSA) is 166 Å². The Bertz CT molecular complexity index is 543. The molecule has 1 rings (SSSR count). The third-order valence-electron chi connectivity index (χ3n) is 3.57. The second kappa shape index (κ2) is 11.7. The zero-order valence-corrected chi connectivity index (χ0v) is 16.6. The van der Waals surface area contributed by atoms with Gasteiger partial charge in [0.15, 0.2) is 0 Å². The molecule has 0 aliphatic carbocycles. The summed E-state index contributed by atoms with van der Waals surface area (Å²) >= 11 is 2.50. The molecule has 26 heavy (non-hydrogen) atoms. The summed E-state index contributed by atoms with van der Waals surface area (Å²) in [6, 6.07) is 0. The Labute approximate surface area is 160 Å². The normalized spacial score (nSPS) is 30.4. The quantitative estimate of drug-likeness (QED) is 0.0993. The molecule has 154 valence electrons. The minimum Gasteiger partial charge on any atom is -0.394 e. The first-order valence-electron chi connectivity index (χ1n) is 7.88. The van der Waals surface area contributed by atoms with Gasteiger partial charge in [-0.15, -0.1) is 0 Å². The van der Waals surface area contributed by atoms with E-state index in [2.05, 4.69) is 9.44 Å². The molecule has 0 spiro atoms. The van der Waals surface area contributed by atoms with Crippen molar-refractivity contribution in [2.75, 3.05) is 18.6 Å². The van der Waals surface area contributed by atoms with Crippen molar-refractivity contribution in [1.29, 1.82) is 0 Å². The molecule has 0 aromatic carbocycles. The van der Waals surface area contributed by atoms with Crippen LogP contribution in [0.4, 0.5) is 0 Å². The van der Waals surface area contributed by atoms with E-state index in [1.807, 2.05) is 6.26 Å². The van der Waals surface area contributed by atoms with E-state index < -0.39 is 46.9 Å². The van der Waals surface area contributed by atoms with E-state index in [4.69, 9.17) is 9.29 Å². The fraction of sp³-hybridized carbons (Fsp3) is 0.923. The van der Waals surface area contributed by atoms with Crippen LogP contribution in [0.25, 0.3) is 0 Å². The van der Waals surface area contributed by atoms with Crippen LogP contribution < -0.4 is 0 Å². The highest BCUT2D eigenvalue weighted by molar-refractivity contribution is 8.14. The minimum atomic E-state index is -4.78. The number of oxime groups is 1. The van der Waals surface area contributed by atoms with Crippen LogP contribution in [-0.4, -0.2) is 86.9 Å². The fourth-order valence-electron chi connectivity index (χ4n) is 2.21. The van der Waals surface area contributed by atoms with Gasteiger partial charge in [0.25, 0.3) is 0 Å². The standard InChI is InChI=1S/C13H25NO9S3/c1-24-6-4-2-3-5-9(14-23-26(19,20)21)25-13-12(18)11(17)10(16)8(7-15)22-13/h8,10-13,15-18H,2-7H2,1H3,(H,19,20,21)/b14-9+/t8-,10-,11-,12-,13+/m1/s1. The number of hydrogen-bond donors (Lipinski definition) is 5. The highest BCUT2D eigenvalue weighted by atomic mass is 32.3. The van der Waals surface area contributed by atoms with Crippen molar-refractivity contribution in [3.63, 3.8) is 0 Å². The van der Waals surface area contributed by atoms with Crippen molar-refractivity contribution >= 4 is 39.0 Å². The van der Waals surface area contributed by atoms with Crippen LogP contribution in [0.2, 0.25) is 0 Å². The lowest BCUT2D eigenvalue weighted by molar-refractivity contribution is -0.205. The summed E-state index contributed by atoms with van der Waals surface area (Å²) in [7, 11) is -4.78. The molecule has 10 nitrogen and oxygen atoms in total. The van der Waals surface area contributed by atoms with E-state index in [0.29, 0.717) is 12.8 Å². The van der Waals surface area contributed by atoms with Gasteiger partial charge in [0, 0.05) is 0 Å². The van der Waals surface area contributed by atoms with Gasteiger partial charge < -0.3 is 25.2 Å². The summed E-state index contributed by atoms with van der Waals surface area (Å²) in [5.41, 5.74) is -1.11. The highest BCUT2D eigenvalue weighted by Crippen LogP contribution is 2.30. The minimum absolute atomic E-state index is 0.121. The molecule has 1 fully saturated rings. The SMILES string of the molecule is CSCCCCC/C(=N\OS(=O)(=O)O)S[C@@H]1O[C@H](CO)[C@@H](O)[C@@H](O)[C@H]1O. The van der Waals surface area contributed by atoms with Gasteiger partial charge in [-0.1, -0.05) is 23.3 Å². The molecular formula is C13H25NO9S3. The van der Waals surface area contributed by atoms with Gasteiger partial charge in [-0.2, -0.15) is 20.2 Å². The lowest BCUT2D eigenvalue weighted by Crippen LogP contribution is -2.57. The van der Waals surface area contributed by atoms with Gasteiger partial charge in [0.1, 0.15) is 34.9 Å². The van der Waals surface area contributed by atoms with E-state index in [9.17, 15) is 28.8 Å². The number of unbranched alkanes of at least 4 members (excludes halogenated alkanes) is 2. The van der Waals surface area contributed by atoms with Crippen LogP contribution in [-0.2, 0) is 19.4 Å². The van der Waals surface area contributed by atoms with Crippen molar-refractivity contribution in [3.8, 4) is 0 Å². The monoisotopic (exact) mass is 435 g/mol. The summed E-state index contributed by atoms with van der Waals surface area (Å²) in [4.78, 5) is 0. The summed E-state index contributed by atoms with van der Waals surface area (Å²) in [6.07, 6.45) is -0.887. The molecule has 0 saturated carbocycles. The molecule has 0 aromatic heterocycles. The Morgan fingerprint density at radius 3 is 2.42 bits per heavy atom. The number of rotatable bonds is 10. The first-order valence-corrected chi connectivity index (χ1v) is 11.5. The average molecular weight is 436 g/mol. The van der Waals surface area contributed by atoms with Crippen molar-refractivity contribution < 1.29 is 42.4 Å². The summed E-state index contributed by atoms with van der Waals surface area (Å²) in [5.74, 6) is 0.980. The number of thioether (sulfide) groups is 2. The second-order valence-electron chi connectivity index (χ2n) is 5.61. The van der Waals surface area contributed by atoms with Crippen molar-refractivity contribution in [2.45, 2.75) is 55.5 Å². The van der Waals surface area contributed by atoms with Crippen LogP contribution in [0, 0.1) is 0 Å². The Morgan fingerprint density at radius 2 is 1.85 bits per heavy atom. The predicted molar refractivity (Wildman–Crippen MR) is 98.3 cm³/mol. The van der Waals surface area contributed by atoms with E-state index in [-0.39, 0.29) is 5.04 Å². The van der Waals surface area contributed by atoms with Crippen LogP contribution in [0.15, 0.2) is 5.16 Å². The van der Waals surface area contributed by atoms with E-state index in [0.717, 1.165) is 30.4 Å². The van der Waals surface area contributed by atoms with Gasteiger partial charge in [-0.25, -0.2) is 4.28 Å². The van der Waals surface area contributed by atoms with Crippen LogP contribution in [0.3, 0.4) is 0 Å². The molecule has 1 saturated heterocycles. The maximum absolute atomic E-state index is 10.7. The van der Waals surface area contributed by atoms with E-state index >= 15 is 0 Å². The Balaban J connectivity index is 2.76. The highest BCUT2D eigenvalue weighted by Gasteiger charge is 2.44. The van der Waals surface area contributed by atoms with Crippen LogP contribution in [0.1, 0.15) is 25.7 Å². The summed E-state index contributed by atoms with van der Waals surface area (Å²) < 4.78 is 39.5. The summed E-state index contributed by atoms with van der Waals surface area (Å²) in [6.45, 7) is -0.579. The van der Waals surface area contributed by atoms with Gasteiger partial charge in [-0.3, -0.25) is 4.55 Å². The Morgan fingerprint density at radius 1 is 1.15 bits per heavy atom. The predicted octanol–water partition coefficient (Wildman–Crippen LogP) is -0.424. The molecule has 0 radical (unpaired) electrons. The molecule has 1 aliphatic heterocycles. The molecule has 0 unspecified atom stereocenters. The molecule has 5 atom stereocenters. The first-order chi connectivity index (χ1) is 12.2. The maximum Gasteiger partial charge on any atom is 0.466 e. The third-order valence-corrected chi connectivity index (χ3v) is 5.71. The van der Waals surface area contributed by atoms with Gasteiger partial charge in [0.05, 0.1) is 6.61 Å². The third kappa shape index (κ3) is 8.27. The van der Waals surface area contributed by atoms with Gasteiger partial charge >= 0.3 is 10.4 Å². The smallest absolute Gasteiger partial charge is 0.394 e. The fourth-order valence-corrected chi connectivity index (χ4v) is 4.05. The second-order valence-corrected chi connectivity index (χ2v) is 8.77. The lowest BCUT2D eigenvalue weighted by atomic mass is 10.0. The maximum atomic E-state index is 10.7. The van der Waals surface area contributed by atoms with Crippen LogP contribution >= 0.6 is 23.5 Å². The van der Waals surface area contributed by atoms with Crippen molar-refractivity contribution in [2.24, 2.45) is 5.16 Å². The molecule has 0 aromatic rings. The largest absolute Gasteiger partial charge is 0.466 e. The van der Waals surface area contributed by atoms with Crippen molar-refractivity contribution in [1.82, 2.24) is 0 Å². The number of hydrogen-bond acceptors (Lipinski definition) is 11. The molecule has 13 heteroatoms. The first kappa shape index (κ1) is 23.9. The average Bonchev–Trinajstić information content (AvgIpc) is 2.58. The van der Waals surface area contributed by atoms with E-state index in [1.165, 1.54) is 0 Å². The van der Waals surface area contributed by atoms with Gasteiger partial charge in [0.2, 0.25) is 0 Å². The molecule has 0 amide bonds. The Hall–Kier alpha value is -0.120. The van der Waals surface area contributed by atoms with Gasteiger partial charge in [-0.05, 0) is 31.3 Å². The molecule has 0 bridgehead atoms.